The zero-order valence-electron chi connectivity index (χ0n) is 44.3. The summed E-state index contributed by atoms with van der Waals surface area (Å²) in [5.41, 5.74) is 0. The Labute approximate surface area is 406 Å². The van der Waals surface area contributed by atoms with Gasteiger partial charge in [0.1, 0.15) is 13.2 Å². The van der Waals surface area contributed by atoms with E-state index in [0.29, 0.717) is 19.3 Å². The van der Waals surface area contributed by atoms with Gasteiger partial charge in [-0.1, -0.05) is 303 Å². The summed E-state index contributed by atoms with van der Waals surface area (Å²) in [6, 6.07) is 0. The van der Waals surface area contributed by atoms with Crippen LogP contribution < -0.4 is 0 Å². The monoisotopic (exact) mass is 919 g/mol. The first-order valence-corrected chi connectivity index (χ1v) is 29.5. The van der Waals surface area contributed by atoms with Crippen LogP contribution in [-0.2, 0) is 28.6 Å². The van der Waals surface area contributed by atoms with Crippen LogP contribution in [0.2, 0.25) is 0 Å². The lowest BCUT2D eigenvalue weighted by molar-refractivity contribution is -0.167. The number of hydrogen-bond acceptors (Lipinski definition) is 6. The molecule has 0 radical (unpaired) electrons. The maximum Gasteiger partial charge on any atom is 0.306 e. The van der Waals surface area contributed by atoms with Gasteiger partial charge in [0, 0.05) is 19.3 Å². The highest BCUT2D eigenvalue weighted by molar-refractivity contribution is 5.71. The maximum atomic E-state index is 12.8. The summed E-state index contributed by atoms with van der Waals surface area (Å²) in [6.45, 7) is 6.68. The molecule has 0 amide bonds. The third-order valence-electron chi connectivity index (χ3n) is 13.6. The topological polar surface area (TPSA) is 78.9 Å². The van der Waals surface area contributed by atoms with Crippen LogP contribution in [0.15, 0.2) is 0 Å². The highest BCUT2D eigenvalue weighted by Crippen LogP contribution is 2.18. The second kappa shape index (κ2) is 55.0. The lowest BCUT2D eigenvalue weighted by atomic mass is 10.0. The Morgan fingerprint density at radius 2 is 0.415 bits per heavy atom. The van der Waals surface area contributed by atoms with E-state index in [2.05, 4.69) is 20.8 Å². The van der Waals surface area contributed by atoms with Crippen molar-refractivity contribution in [3.63, 3.8) is 0 Å². The highest BCUT2D eigenvalue weighted by atomic mass is 16.6. The molecule has 0 aromatic rings. The average molecular weight is 920 g/mol. The van der Waals surface area contributed by atoms with Gasteiger partial charge in [-0.3, -0.25) is 14.4 Å². The fourth-order valence-corrected chi connectivity index (χ4v) is 9.15. The highest BCUT2D eigenvalue weighted by Gasteiger charge is 2.19. The van der Waals surface area contributed by atoms with Crippen molar-refractivity contribution >= 4 is 17.9 Å². The van der Waals surface area contributed by atoms with Crippen LogP contribution in [-0.4, -0.2) is 37.2 Å². The number of hydrogen-bond donors (Lipinski definition) is 0. The molecule has 0 saturated heterocycles. The van der Waals surface area contributed by atoms with Crippen LogP contribution in [0.5, 0.6) is 0 Å². The number of esters is 3. The number of carbonyl (C=O) groups excluding carboxylic acids is 3. The second-order valence-corrected chi connectivity index (χ2v) is 20.3. The van der Waals surface area contributed by atoms with Gasteiger partial charge < -0.3 is 14.2 Å². The Morgan fingerprint density at radius 3 is 0.615 bits per heavy atom. The zero-order valence-corrected chi connectivity index (χ0v) is 44.3. The van der Waals surface area contributed by atoms with Crippen LogP contribution in [0, 0.1) is 0 Å². The lowest BCUT2D eigenvalue weighted by Crippen LogP contribution is -2.30. The van der Waals surface area contributed by atoms with E-state index >= 15 is 0 Å². The molecule has 0 spiro atoms. The van der Waals surface area contributed by atoms with Gasteiger partial charge in [0.15, 0.2) is 6.10 Å². The van der Waals surface area contributed by atoms with E-state index in [-0.39, 0.29) is 31.1 Å². The Kier molecular flexibility index (Phi) is 53.7. The molecular weight excluding hydrogens is 805 g/mol. The third-order valence-corrected chi connectivity index (χ3v) is 13.6. The van der Waals surface area contributed by atoms with Crippen molar-refractivity contribution in [3.05, 3.63) is 0 Å². The molecule has 0 fully saturated rings. The van der Waals surface area contributed by atoms with Crippen LogP contribution in [0.3, 0.4) is 0 Å². The first-order valence-electron chi connectivity index (χ1n) is 29.5. The molecule has 6 heteroatoms. The van der Waals surface area contributed by atoms with Crippen LogP contribution in [0.4, 0.5) is 0 Å². The number of rotatable bonds is 55. The molecule has 1 unspecified atom stereocenters. The van der Waals surface area contributed by atoms with E-state index in [0.717, 1.165) is 57.8 Å². The molecular formula is C59H114O6. The van der Waals surface area contributed by atoms with E-state index in [4.69, 9.17) is 14.2 Å². The van der Waals surface area contributed by atoms with Crippen molar-refractivity contribution < 1.29 is 28.6 Å². The Bertz CT molecular complexity index is 967. The summed E-state index contributed by atoms with van der Waals surface area (Å²) in [6.07, 6.45) is 61.2. The van der Waals surface area contributed by atoms with Crippen LogP contribution in [0.25, 0.3) is 0 Å². The largest absolute Gasteiger partial charge is 0.462 e. The summed E-state index contributed by atoms with van der Waals surface area (Å²) in [7, 11) is 0. The van der Waals surface area contributed by atoms with Crippen LogP contribution in [0.1, 0.15) is 342 Å². The van der Waals surface area contributed by atoms with E-state index in [1.165, 1.54) is 244 Å². The first-order chi connectivity index (χ1) is 32.0. The standard InChI is InChI=1S/C59H114O6/c1-4-7-10-13-16-19-21-23-25-27-28-29-30-31-33-34-36-38-40-43-46-49-52-58(61)64-55-56(54-63-57(60)51-48-45-42-18-15-12-9-6-3)65-59(62)53-50-47-44-41-39-37-35-32-26-24-22-20-17-14-11-8-5-2/h56H,4-55H2,1-3H3. The van der Waals surface area contributed by atoms with Gasteiger partial charge in [0.05, 0.1) is 0 Å². The van der Waals surface area contributed by atoms with Gasteiger partial charge in [-0.25, -0.2) is 0 Å². The molecule has 0 aliphatic rings. The van der Waals surface area contributed by atoms with Crippen molar-refractivity contribution in [2.24, 2.45) is 0 Å². The zero-order chi connectivity index (χ0) is 47.2. The first kappa shape index (κ1) is 63.4. The van der Waals surface area contributed by atoms with Gasteiger partial charge in [-0.05, 0) is 19.3 Å². The minimum absolute atomic E-state index is 0.0615. The van der Waals surface area contributed by atoms with Gasteiger partial charge in [-0.2, -0.15) is 0 Å². The van der Waals surface area contributed by atoms with E-state index < -0.39 is 6.10 Å². The van der Waals surface area contributed by atoms with Crippen molar-refractivity contribution in [1.29, 1.82) is 0 Å². The molecule has 386 valence electrons. The SMILES string of the molecule is CCCCCCCCCCCCCCCCCCCCCCCCC(=O)OCC(COC(=O)CCCCCCCCCC)OC(=O)CCCCCCCCCCCCCCCCCCC. The molecule has 0 aromatic carbocycles. The number of unbranched alkanes of at least 4 members (excludes halogenated alkanes) is 44. The molecule has 0 heterocycles. The summed E-state index contributed by atoms with van der Waals surface area (Å²) in [5, 5.41) is 0. The van der Waals surface area contributed by atoms with E-state index in [1.54, 1.807) is 0 Å². The molecule has 0 bridgehead atoms. The van der Waals surface area contributed by atoms with Crippen molar-refractivity contribution in [2.75, 3.05) is 13.2 Å². The molecule has 0 aliphatic heterocycles. The van der Waals surface area contributed by atoms with Gasteiger partial charge in [-0.15, -0.1) is 0 Å². The molecule has 65 heavy (non-hydrogen) atoms. The summed E-state index contributed by atoms with van der Waals surface area (Å²) < 4.78 is 16.8. The fraction of sp³-hybridized carbons (Fsp3) is 0.949. The van der Waals surface area contributed by atoms with Crippen molar-refractivity contribution in [2.45, 2.75) is 348 Å². The Hall–Kier alpha value is -1.59. The van der Waals surface area contributed by atoms with Gasteiger partial charge in [0.2, 0.25) is 0 Å². The molecule has 0 rings (SSSR count). The quantitative estimate of drug-likeness (QED) is 0.0344. The average Bonchev–Trinajstić information content (AvgIpc) is 3.30. The van der Waals surface area contributed by atoms with E-state index in [1.807, 2.05) is 0 Å². The second-order valence-electron chi connectivity index (χ2n) is 20.3. The van der Waals surface area contributed by atoms with Crippen LogP contribution >= 0.6 is 0 Å². The Morgan fingerprint density at radius 1 is 0.246 bits per heavy atom. The molecule has 0 aromatic heterocycles. The number of ether oxygens (including phenoxy) is 3. The summed E-state index contributed by atoms with van der Waals surface area (Å²) in [4.78, 5) is 38.0. The summed E-state index contributed by atoms with van der Waals surface area (Å²) in [5.74, 6) is -0.838. The smallest absolute Gasteiger partial charge is 0.306 e. The molecule has 0 aliphatic carbocycles. The molecule has 1 atom stereocenters. The Balaban J connectivity index is 4.13. The van der Waals surface area contributed by atoms with Crippen molar-refractivity contribution in [1.82, 2.24) is 0 Å². The maximum absolute atomic E-state index is 12.8. The van der Waals surface area contributed by atoms with Crippen molar-refractivity contribution in [3.8, 4) is 0 Å². The minimum Gasteiger partial charge on any atom is -0.462 e. The number of carbonyl (C=O) groups is 3. The lowest BCUT2D eigenvalue weighted by Gasteiger charge is -2.18. The normalized spacial score (nSPS) is 11.9. The fourth-order valence-electron chi connectivity index (χ4n) is 9.15. The third kappa shape index (κ3) is 53.2. The molecule has 0 N–H and O–H groups in total. The minimum atomic E-state index is -0.760. The summed E-state index contributed by atoms with van der Waals surface area (Å²) >= 11 is 0. The predicted octanol–water partition coefficient (Wildman–Crippen LogP) is 19.5. The van der Waals surface area contributed by atoms with Gasteiger partial charge >= 0.3 is 17.9 Å². The molecule has 6 nitrogen and oxygen atoms in total. The van der Waals surface area contributed by atoms with Gasteiger partial charge in [0.25, 0.3) is 0 Å². The predicted molar refractivity (Wildman–Crippen MR) is 280 cm³/mol. The molecule has 0 saturated carbocycles. The van der Waals surface area contributed by atoms with E-state index in [9.17, 15) is 14.4 Å².